The van der Waals surface area contributed by atoms with Gasteiger partial charge in [0, 0.05) is 29.8 Å². The van der Waals surface area contributed by atoms with E-state index >= 15 is 0 Å². The molecular weight excluding hydrogens is 342 g/mol. The summed E-state index contributed by atoms with van der Waals surface area (Å²) in [5, 5.41) is 9.62. The highest BCUT2D eigenvalue weighted by Crippen LogP contribution is 2.31. The van der Waals surface area contributed by atoms with Gasteiger partial charge in [-0.05, 0) is 18.2 Å². The number of hydrogen-bond donors (Lipinski definition) is 1. The van der Waals surface area contributed by atoms with Crippen LogP contribution in [-0.2, 0) is 19.6 Å². The molecule has 0 radical (unpaired) electrons. The van der Waals surface area contributed by atoms with Gasteiger partial charge < -0.3 is 4.74 Å². The molecule has 0 saturated heterocycles. The zero-order valence-corrected chi connectivity index (χ0v) is 14.3. The normalized spacial score (nSPS) is 13.0. The highest BCUT2D eigenvalue weighted by atomic mass is 32.2. The van der Waals surface area contributed by atoms with Crippen LogP contribution in [0.3, 0.4) is 0 Å². The molecule has 7 heteroatoms. The molecule has 0 saturated carbocycles. The SMILES string of the molecule is C=C(c1cn(S(=O)(=O)c2ccccc2)c2ccccc12)C(OC)OO. The summed E-state index contributed by atoms with van der Waals surface area (Å²) >= 11 is 0. The molecule has 130 valence electrons. The average molecular weight is 359 g/mol. The number of hydrogen-bond acceptors (Lipinski definition) is 5. The second-order valence-electron chi connectivity index (χ2n) is 5.37. The smallest absolute Gasteiger partial charge is 0.268 e. The standard InChI is InChI=1S/C18H17NO5S/c1-13(18(23-2)24-20)16-12-19(17-11-7-6-10-15(16)17)25(21,22)14-8-4-3-5-9-14/h3-12,18,20H,1H2,2H3. The second-order valence-corrected chi connectivity index (χ2v) is 7.19. The van der Waals surface area contributed by atoms with Crippen LogP contribution in [-0.4, -0.2) is 31.0 Å². The Kier molecular flexibility index (Phi) is 4.73. The highest BCUT2D eigenvalue weighted by molar-refractivity contribution is 7.90. The van der Waals surface area contributed by atoms with Crippen molar-refractivity contribution in [3.8, 4) is 0 Å². The number of aromatic nitrogens is 1. The topological polar surface area (TPSA) is 77.8 Å². The minimum absolute atomic E-state index is 0.176. The second kappa shape index (κ2) is 6.81. The van der Waals surface area contributed by atoms with Gasteiger partial charge in [-0.2, -0.15) is 0 Å². The number of fused-ring (bicyclic) bond motifs is 1. The lowest BCUT2D eigenvalue weighted by atomic mass is 10.1. The number of benzene rings is 2. The van der Waals surface area contributed by atoms with Crippen LogP contribution in [0.5, 0.6) is 0 Å². The molecule has 0 aliphatic carbocycles. The number of para-hydroxylation sites is 1. The van der Waals surface area contributed by atoms with Crippen molar-refractivity contribution in [1.29, 1.82) is 0 Å². The van der Waals surface area contributed by atoms with Gasteiger partial charge in [0.05, 0.1) is 10.4 Å². The molecule has 25 heavy (non-hydrogen) atoms. The van der Waals surface area contributed by atoms with Crippen molar-refractivity contribution in [2.24, 2.45) is 0 Å². The summed E-state index contributed by atoms with van der Waals surface area (Å²) in [4.78, 5) is 4.44. The minimum Gasteiger partial charge on any atom is -0.349 e. The van der Waals surface area contributed by atoms with Gasteiger partial charge in [-0.25, -0.2) is 22.5 Å². The van der Waals surface area contributed by atoms with Crippen LogP contribution in [0.2, 0.25) is 0 Å². The number of ether oxygens (including phenoxy) is 1. The van der Waals surface area contributed by atoms with E-state index in [1.165, 1.54) is 29.4 Å². The van der Waals surface area contributed by atoms with Crippen molar-refractivity contribution >= 4 is 26.5 Å². The lowest BCUT2D eigenvalue weighted by molar-refractivity contribution is -0.319. The minimum atomic E-state index is -3.79. The molecule has 0 aliphatic heterocycles. The van der Waals surface area contributed by atoms with Crippen LogP contribution in [0, 0.1) is 0 Å². The molecule has 2 aromatic carbocycles. The Morgan fingerprint density at radius 1 is 1.12 bits per heavy atom. The predicted octanol–water partition coefficient (Wildman–Crippen LogP) is 3.35. The lowest BCUT2D eigenvalue weighted by Crippen LogP contribution is -2.15. The molecule has 1 unspecified atom stereocenters. The van der Waals surface area contributed by atoms with E-state index in [-0.39, 0.29) is 4.90 Å². The Hall–Kier alpha value is -2.45. The summed E-state index contributed by atoms with van der Waals surface area (Å²) in [6.45, 7) is 3.87. The van der Waals surface area contributed by atoms with Crippen molar-refractivity contribution in [2.45, 2.75) is 11.2 Å². The predicted molar refractivity (Wildman–Crippen MR) is 94.5 cm³/mol. The Morgan fingerprint density at radius 2 is 1.76 bits per heavy atom. The molecule has 0 bridgehead atoms. The highest BCUT2D eigenvalue weighted by Gasteiger charge is 2.24. The number of nitrogens with zero attached hydrogens (tertiary/aromatic N) is 1. The average Bonchev–Trinajstić information content (AvgIpc) is 3.04. The Morgan fingerprint density at radius 3 is 2.40 bits per heavy atom. The van der Waals surface area contributed by atoms with Crippen LogP contribution in [0.4, 0.5) is 0 Å². The van der Waals surface area contributed by atoms with E-state index in [9.17, 15) is 8.42 Å². The van der Waals surface area contributed by atoms with Gasteiger partial charge in [0.25, 0.3) is 10.0 Å². The third-order valence-electron chi connectivity index (χ3n) is 3.92. The third kappa shape index (κ3) is 2.98. The molecule has 1 atom stereocenters. The summed E-state index contributed by atoms with van der Waals surface area (Å²) in [6.07, 6.45) is 0.360. The van der Waals surface area contributed by atoms with Crippen molar-refractivity contribution in [3.05, 3.63) is 72.9 Å². The van der Waals surface area contributed by atoms with Gasteiger partial charge in [0.15, 0.2) is 0 Å². The van der Waals surface area contributed by atoms with Gasteiger partial charge in [-0.3, -0.25) is 0 Å². The summed E-state index contributed by atoms with van der Waals surface area (Å²) in [5.41, 5.74) is 1.31. The zero-order chi connectivity index (χ0) is 18.0. The van der Waals surface area contributed by atoms with Crippen LogP contribution >= 0.6 is 0 Å². The van der Waals surface area contributed by atoms with E-state index in [0.29, 0.717) is 22.0 Å². The lowest BCUT2D eigenvalue weighted by Gasteiger charge is -2.13. The molecule has 1 heterocycles. The Labute approximate surface area is 145 Å². The fraction of sp³-hybridized carbons (Fsp3) is 0.111. The van der Waals surface area contributed by atoms with E-state index in [4.69, 9.17) is 9.99 Å². The maximum Gasteiger partial charge on any atom is 0.268 e. The van der Waals surface area contributed by atoms with E-state index in [0.717, 1.165) is 0 Å². The molecule has 0 fully saturated rings. The van der Waals surface area contributed by atoms with Gasteiger partial charge in [-0.1, -0.05) is 43.0 Å². The maximum absolute atomic E-state index is 13.0. The monoisotopic (exact) mass is 359 g/mol. The summed E-state index contributed by atoms with van der Waals surface area (Å²) in [7, 11) is -2.43. The first kappa shape index (κ1) is 17.4. The summed E-state index contributed by atoms with van der Waals surface area (Å²) < 4.78 is 32.2. The molecule has 0 spiro atoms. The Balaban J connectivity index is 2.23. The molecule has 1 N–H and O–H groups in total. The van der Waals surface area contributed by atoms with E-state index in [1.54, 1.807) is 42.5 Å². The van der Waals surface area contributed by atoms with Gasteiger partial charge in [-0.15, -0.1) is 0 Å². The van der Waals surface area contributed by atoms with Crippen molar-refractivity contribution in [3.63, 3.8) is 0 Å². The van der Waals surface area contributed by atoms with Gasteiger partial charge in [0.2, 0.25) is 6.29 Å². The molecule has 0 amide bonds. The first-order chi connectivity index (χ1) is 12.0. The van der Waals surface area contributed by atoms with Crippen molar-refractivity contribution in [2.75, 3.05) is 7.11 Å². The molecule has 1 aromatic heterocycles. The maximum atomic E-state index is 13.0. The van der Waals surface area contributed by atoms with E-state index < -0.39 is 16.3 Å². The molecule has 3 rings (SSSR count). The fourth-order valence-electron chi connectivity index (χ4n) is 2.69. The largest absolute Gasteiger partial charge is 0.349 e. The molecule has 6 nitrogen and oxygen atoms in total. The van der Waals surface area contributed by atoms with E-state index in [1.807, 2.05) is 0 Å². The van der Waals surface area contributed by atoms with Crippen LogP contribution in [0.1, 0.15) is 5.56 Å². The van der Waals surface area contributed by atoms with Crippen LogP contribution in [0.25, 0.3) is 16.5 Å². The fourth-order valence-corrected chi connectivity index (χ4v) is 4.08. The number of rotatable bonds is 6. The van der Waals surface area contributed by atoms with Crippen molar-refractivity contribution < 1.29 is 23.3 Å². The number of methoxy groups -OCH3 is 1. The molecule has 0 aliphatic rings. The van der Waals surface area contributed by atoms with Crippen LogP contribution in [0.15, 0.2) is 72.3 Å². The third-order valence-corrected chi connectivity index (χ3v) is 5.61. The summed E-state index contributed by atoms with van der Waals surface area (Å²) in [6, 6.07) is 15.2. The van der Waals surface area contributed by atoms with Gasteiger partial charge >= 0.3 is 0 Å². The first-order valence-electron chi connectivity index (χ1n) is 7.43. The zero-order valence-electron chi connectivity index (χ0n) is 13.5. The van der Waals surface area contributed by atoms with Crippen molar-refractivity contribution in [1.82, 2.24) is 3.97 Å². The molecule has 3 aromatic rings. The first-order valence-corrected chi connectivity index (χ1v) is 8.87. The van der Waals surface area contributed by atoms with E-state index in [2.05, 4.69) is 11.5 Å². The quantitative estimate of drug-likeness (QED) is 0.415. The van der Waals surface area contributed by atoms with Gasteiger partial charge in [0.1, 0.15) is 0 Å². The van der Waals surface area contributed by atoms with Crippen LogP contribution < -0.4 is 0 Å². The molecular formula is C18H17NO5S. The summed E-state index contributed by atoms with van der Waals surface area (Å²) in [5.74, 6) is 0. The Bertz CT molecular complexity index is 1000.